The van der Waals surface area contributed by atoms with Gasteiger partial charge in [-0.3, -0.25) is 0 Å². The number of rotatable bonds is 5. The summed E-state index contributed by atoms with van der Waals surface area (Å²) in [6.45, 7) is 0.405. The molecule has 0 saturated carbocycles. The van der Waals surface area contributed by atoms with Gasteiger partial charge in [-0.2, -0.15) is 0 Å². The van der Waals surface area contributed by atoms with Crippen molar-refractivity contribution in [3.63, 3.8) is 0 Å². The Hall–Kier alpha value is -2.37. The normalized spacial score (nSPS) is 10.5. The summed E-state index contributed by atoms with van der Waals surface area (Å²) in [4.78, 5) is 14.9. The van der Waals surface area contributed by atoms with E-state index in [4.69, 9.17) is 21.4 Å². The highest BCUT2D eigenvalue weighted by Gasteiger charge is 2.10. The van der Waals surface area contributed by atoms with Gasteiger partial charge < -0.3 is 9.84 Å². The van der Waals surface area contributed by atoms with Crippen molar-refractivity contribution < 1.29 is 14.6 Å². The van der Waals surface area contributed by atoms with Crippen LogP contribution in [0.2, 0.25) is 5.02 Å². The number of thiazole rings is 1. The van der Waals surface area contributed by atoms with Crippen molar-refractivity contribution in [3.8, 4) is 16.3 Å². The van der Waals surface area contributed by atoms with Gasteiger partial charge in [-0.1, -0.05) is 48.0 Å². The minimum Gasteiger partial charge on any atom is -0.487 e. The number of benzene rings is 2. The van der Waals surface area contributed by atoms with Gasteiger partial charge in [0.1, 0.15) is 17.4 Å². The Morgan fingerprint density at radius 1 is 1.17 bits per heavy atom. The van der Waals surface area contributed by atoms with E-state index in [-0.39, 0.29) is 5.69 Å². The summed E-state index contributed by atoms with van der Waals surface area (Å²) in [6.07, 6.45) is 0. The van der Waals surface area contributed by atoms with Crippen LogP contribution in [0, 0.1) is 0 Å². The highest BCUT2D eigenvalue weighted by molar-refractivity contribution is 7.13. The third kappa shape index (κ3) is 3.70. The average Bonchev–Trinajstić information content (AvgIpc) is 3.05. The lowest BCUT2D eigenvalue weighted by atomic mass is 10.1. The molecule has 3 rings (SSSR count). The molecular formula is C17H12ClNO3S. The van der Waals surface area contributed by atoms with Gasteiger partial charge in [-0.05, 0) is 17.7 Å². The number of aromatic carboxylic acids is 1. The van der Waals surface area contributed by atoms with E-state index in [1.165, 1.54) is 16.7 Å². The fraction of sp³-hybridized carbons (Fsp3) is 0.0588. The van der Waals surface area contributed by atoms with Gasteiger partial charge in [0.15, 0.2) is 5.69 Å². The number of carboxylic acids is 1. The Morgan fingerprint density at radius 3 is 2.57 bits per heavy atom. The summed E-state index contributed by atoms with van der Waals surface area (Å²) in [6, 6.07) is 15.0. The van der Waals surface area contributed by atoms with Crippen LogP contribution in [0.25, 0.3) is 10.6 Å². The largest absolute Gasteiger partial charge is 0.487 e. The molecule has 6 heteroatoms. The first-order chi connectivity index (χ1) is 11.1. The van der Waals surface area contributed by atoms with Crippen molar-refractivity contribution in [3.05, 3.63) is 70.2 Å². The molecule has 0 saturated heterocycles. The van der Waals surface area contributed by atoms with Gasteiger partial charge in [0.05, 0.1) is 5.02 Å². The van der Waals surface area contributed by atoms with Crippen LogP contribution in [-0.4, -0.2) is 16.1 Å². The second-order valence-corrected chi connectivity index (χ2v) is 6.02. The lowest BCUT2D eigenvalue weighted by Gasteiger charge is -2.08. The first kappa shape index (κ1) is 15.5. The van der Waals surface area contributed by atoms with Gasteiger partial charge in [0, 0.05) is 10.9 Å². The van der Waals surface area contributed by atoms with Gasteiger partial charge in [-0.25, -0.2) is 9.78 Å². The Morgan fingerprint density at radius 2 is 1.91 bits per heavy atom. The second-order valence-electron chi connectivity index (χ2n) is 4.76. The molecule has 0 unspecified atom stereocenters. The smallest absolute Gasteiger partial charge is 0.355 e. The van der Waals surface area contributed by atoms with E-state index >= 15 is 0 Å². The number of carbonyl (C=O) groups is 1. The van der Waals surface area contributed by atoms with Crippen LogP contribution in [0.15, 0.2) is 53.9 Å². The predicted octanol–water partition coefficient (Wildman–Crippen LogP) is 4.74. The van der Waals surface area contributed by atoms with Crippen LogP contribution in [0.5, 0.6) is 5.75 Å². The Labute approximate surface area is 142 Å². The van der Waals surface area contributed by atoms with Crippen molar-refractivity contribution in [2.75, 3.05) is 0 Å². The van der Waals surface area contributed by atoms with E-state index in [1.54, 1.807) is 6.07 Å². The van der Waals surface area contributed by atoms with Crippen LogP contribution in [-0.2, 0) is 6.61 Å². The number of ether oxygens (including phenoxy) is 1. The number of hydrogen-bond donors (Lipinski definition) is 1. The van der Waals surface area contributed by atoms with Gasteiger partial charge >= 0.3 is 5.97 Å². The van der Waals surface area contributed by atoms with E-state index in [2.05, 4.69) is 4.98 Å². The maximum atomic E-state index is 10.9. The van der Waals surface area contributed by atoms with Crippen molar-refractivity contribution in [1.82, 2.24) is 4.98 Å². The minimum absolute atomic E-state index is 0.0659. The molecule has 0 spiro atoms. The molecule has 0 amide bonds. The van der Waals surface area contributed by atoms with Gasteiger partial charge in [0.25, 0.3) is 0 Å². The molecule has 0 aliphatic carbocycles. The Kier molecular flexibility index (Phi) is 4.60. The molecule has 0 atom stereocenters. The molecule has 3 aromatic rings. The molecule has 116 valence electrons. The maximum absolute atomic E-state index is 10.9. The fourth-order valence-corrected chi connectivity index (χ4v) is 2.96. The molecular weight excluding hydrogens is 334 g/mol. The fourth-order valence-electron chi connectivity index (χ4n) is 1.97. The number of carboxylic acid groups (broad SMARTS) is 1. The highest BCUT2D eigenvalue weighted by Crippen LogP contribution is 2.26. The molecule has 2 aromatic carbocycles. The molecule has 4 nitrogen and oxygen atoms in total. The lowest BCUT2D eigenvalue weighted by Crippen LogP contribution is -1.96. The van der Waals surface area contributed by atoms with Crippen molar-refractivity contribution in [2.45, 2.75) is 6.61 Å². The minimum atomic E-state index is -1.02. The molecule has 1 heterocycles. The quantitative estimate of drug-likeness (QED) is 0.725. The summed E-state index contributed by atoms with van der Waals surface area (Å²) < 4.78 is 5.68. The Bertz CT molecular complexity index is 830. The third-order valence-corrected chi connectivity index (χ3v) is 4.36. The average molecular weight is 346 g/mol. The van der Waals surface area contributed by atoms with E-state index in [9.17, 15) is 4.79 Å². The summed E-state index contributed by atoms with van der Waals surface area (Å²) in [5.74, 6) is -0.374. The van der Waals surface area contributed by atoms with Crippen LogP contribution in [0.4, 0.5) is 0 Å². The lowest BCUT2D eigenvalue weighted by molar-refractivity contribution is 0.0691. The van der Waals surface area contributed by atoms with Crippen molar-refractivity contribution >= 4 is 28.9 Å². The van der Waals surface area contributed by atoms with Crippen molar-refractivity contribution in [1.29, 1.82) is 0 Å². The SMILES string of the molecule is O=C(O)c1csc(-c2ccc(COc3ccccc3Cl)cc2)n1. The van der Waals surface area contributed by atoms with E-state index in [1.807, 2.05) is 42.5 Å². The zero-order valence-corrected chi connectivity index (χ0v) is 13.5. The zero-order valence-electron chi connectivity index (χ0n) is 11.9. The molecule has 23 heavy (non-hydrogen) atoms. The third-order valence-electron chi connectivity index (χ3n) is 3.16. The monoisotopic (exact) mass is 345 g/mol. The summed E-state index contributed by atoms with van der Waals surface area (Å²) >= 11 is 7.35. The molecule has 1 aromatic heterocycles. The number of halogens is 1. The Balaban J connectivity index is 1.69. The first-order valence-corrected chi connectivity index (χ1v) is 8.05. The van der Waals surface area contributed by atoms with E-state index < -0.39 is 5.97 Å². The van der Waals surface area contributed by atoms with Crippen LogP contribution >= 0.6 is 22.9 Å². The second kappa shape index (κ2) is 6.81. The summed E-state index contributed by atoms with van der Waals surface area (Å²) in [5.41, 5.74) is 1.93. The predicted molar refractivity (Wildman–Crippen MR) is 90.3 cm³/mol. The van der Waals surface area contributed by atoms with E-state index in [0.29, 0.717) is 22.4 Å². The molecule has 0 radical (unpaired) electrons. The number of aromatic nitrogens is 1. The van der Waals surface area contributed by atoms with Gasteiger partial charge in [0.2, 0.25) is 0 Å². The summed E-state index contributed by atoms with van der Waals surface area (Å²) in [7, 11) is 0. The van der Waals surface area contributed by atoms with Crippen LogP contribution < -0.4 is 4.74 Å². The molecule has 1 N–H and O–H groups in total. The number of nitrogens with zero attached hydrogens (tertiary/aromatic N) is 1. The number of hydrogen-bond acceptors (Lipinski definition) is 4. The molecule has 0 aliphatic rings. The highest BCUT2D eigenvalue weighted by atomic mass is 35.5. The van der Waals surface area contributed by atoms with Crippen molar-refractivity contribution in [2.24, 2.45) is 0 Å². The molecule has 0 aliphatic heterocycles. The first-order valence-electron chi connectivity index (χ1n) is 6.79. The zero-order chi connectivity index (χ0) is 16.2. The summed E-state index contributed by atoms with van der Waals surface area (Å²) in [5, 5.41) is 11.7. The topological polar surface area (TPSA) is 59.4 Å². The standard InChI is InChI=1S/C17H12ClNO3S/c18-13-3-1-2-4-15(13)22-9-11-5-7-12(8-6-11)16-19-14(10-23-16)17(20)21/h1-8,10H,9H2,(H,20,21). The molecule has 0 bridgehead atoms. The van der Waals surface area contributed by atoms with Crippen LogP contribution in [0.1, 0.15) is 16.1 Å². The van der Waals surface area contributed by atoms with Gasteiger partial charge in [-0.15, -0.1) is 11.3 Å². The molecule has 0 fully saturated rings. The van der Waals surface area contributed by atoms with Crippen LogP contribution in [0.3, 0.4) is 0 Å². The number of para-hydroxylation sites is 1. The maximum Gasteiger partial charge on any atom is 0.355 e. The van der Waals surface area contributed by atoms with E-state index in [0.717, 1.165) is 11.1 Å².